The lowest BCUT2D eigenvalue weighted by molar-refractivity contribution is 0.0945. The van der Waals surface area contributed by atoms with Crippen LogP contribution >= 0.6 is 0 Å². The Bertz CT molecular complexity index is 630. The van der Waals surface area contributed by atoms with E-state index in [2.05, 4.69) is 5.32 Å². The summed E-state index contributed by atoms with van der Waals surface area (Å²) in [7, 11) is 0. The molecule has 0 atom stereocenters. The lowest BCUT2D eigenvalue weighted by atomic mass is 10.0. The lowest BCUT2D eigenvalue weighted by Crippen LogP contribution is -2.28. The Morgan fingerprint density at radius 1 is 1.15 bits per heavy atom. The first-order chi connectivity index (χ1) is 9.75. The number of benzene rings is 2. The maximum Gasteiger partial charge on any atom is 0.255 e. The first-order valence-corrected chi connectivity index (χ1v) is 7.24. The van der Waals surface area contributed by atoms with Gasteiger partial charge in [0.1, 0.15) is 5.75 Å². The normalized spacial score (nSPS) is 15.6. The van der Waals surface area contributed by atoms with Crippen LogP contribution in [0.25, 0.3) is 10.8 Å². The second kappa shape index (κ2) is 5.53. The highest BCUT2D eigenvalue weighted by Crippen LogP contribution is 2.29. The Balaban J connectivity index is 1.78. The molecule has 1 aliphatic carbocycles. The van der Waals surface area contributed by atoms with Crippen LogP contribution in [0, 0.1) is 5.92 Å². The maximum atomic E-state index is 12.2. The second-order valence-corrected chi connectivity index (χ2v) is 5.54. The molecule has 1 aliphatic rings. The Labute approximate surface area is 118 Å². The van der Waals surface area contributed by atoms with E-state index in [-0.39, 0.29) is 11.7 Å². The molecule has 2 N–H and O–H groups in total. The first-order valence-electron chi connectivity index (χ1n) is 7.24. The average Bonchev–Trinajstić information content (AvgIpc) is 2.99. The highest BCUT2D eigenvalue weighted by Gasteiger charge is 2.18. The Kier molecular flexibility index (Phi) is 3.59. The number of phenolic OH excluding ortho intramolecular Hbond substituents is 1. The molecule has 0 heterocycles. The molecular formula is C17H19NO2. The number of carbonyl (C=O) groups excluding carboxylic acids is 1. The van der Waals surface area contributed by atoms with E-state index in [1.54, 1.807) is 6.07 Å². The van der Waals surface area contributed by atoms with Gasteiger partial charge in [-0.05, 0) is 30.2 Å². The highest BCUT2D eigenvalue weighted by molar-refractivity contribution is 6.03. The summed E-state index contributed by atoms with van der Waals surface area (Å²) in [6, 6.07) is 11.1. The third-order valence-corrected chi connectivity index (χ3v) is 4.17. The molecule has 104 valence electrons. The smallest absolute Gasteiger partial charge is 0.255 e. The van der Waals surface area contributed by atoms with E-state index in [0.29, 0.717) is 18.0 Å². The molecular weight excluding hydrogens is 250 g/mol. The summed E-state index contributed by atoms with van der Waals surface area (Å²) in [5.74, 6) is 0.494. The van der Waals surface area contributed by atoms with Crippen LogP contribution in [0.1, 0.15) is 36.0 Å². The Hall–Kier alpha value is -2.03. The van der Waals surface area contributed by atoms with Crippen LogP contribution in [-0.2, 0) is 0 Å². The number of rotatable bonds is 3. The van der Waals surface area contributed by atoms with Gasteiger partial charge in [0.25, 0.3) is 5.91 Å². The first kappa shape index (κ1) is 13.0. The van der Waals surface area contributed by atoms with Crippen molar-refractivity contribution in [2.45, 2.75) is 25.7 Å². The zero-order valence-electron chi connectivity index (χ0n) is 11.4. The quantitative estimate of drug-likeness (QED) is 0.896. The largest absolute Gasteiger partial charge is 0.506 e. The molecule has 0 saturated heterocycles. The van der Waals surface area contributed by atoms with Gasteiger partial charge < -0.3 is 10.4 Å². The van der Waals surface area contributed by atoms with Crippen LogP contribution in [0.15, 0.2) is 36.4 Å². The number of amides is 1. The van der Waals surface area contributed by atoms with Gasteiger partial charge >= 0.3 is 0 Å². The van der Waals surface area contributed by atoms with Gasteiger partial charge in [-0.3, -0.25) is 4.79 Å². The lowest BCUT2D eigenvalue weighted by Gasteiger charge is -2.12. The number of carbonyl (C=O) groups is 1. The van der Waals surface area contributed by atoms with Gasteiger partial charge in [-0.2, -0.15) is 0 Å². The molecule has 0 spiro atoms. The summed E-state index contributed by atoms with van der Waals surface area (Å²) < 4.78 is 0. The van der Waals surface area contributed by atoms with Crippen LogP contribution in [0.2, 0.25) is 0 Å². The predicted octanol–water partition coefficient (Wildman–Crippen LogP) is 3.47. The Morgan fingerprint density at radius 3 is 2.70 bits per heavy atom. The van der Waals surface area contributed by atoms with Crippen molar-refractivity contribution in [3.05, 3.63) is 42.0 Å². The summed E-state index contributed by atoms with van der Waals surface area (Å²) in [5, 5.41) is 14.9. The molecule has 3 heteroatoms. The number of hydrogen-bond donors (Lipinski definition) is 2. The molecule has 2 aromatic carbocycles. The van der Waals surface area contributed by atoms with Crippen molar-refractivity contribution in [3.63, 3.8) is 0 Å². The molecule has 0 aromatic heterocycles. The van der Waals surface area contributed by atoms with Crippen molar-refractivity contribution < 1.29 is 9.90 Å². The molecule has 1 saturated carbocycles. The molecule has 1 amide bonds. The van der Waals surface area contributed by atoms with Gasteiger partial charge in [0, 0.05) is 11.9 Å². The summed E-state index contributed by atoms with van der Waals surface area (Å²) >= 11 is 0. The standard InChI is InChI=1S/C17H19NO2/c19-16-14-8-4-3-7-13(14)9-10-15(16)17(20)18-11-12-5-1-2-6-12/h3-4,7-10,12,19H,1-2,5-6,11H2,(H,18,20). The zero-order valence-corrected chi connectivity index (χ0v) is 11.4. The predicted molar refractivity (Wildman–Crippen MR) is 79.9 cm³/mol. The van der Waals surface area contributed by atoms with Crippen LogP contribution in [0.5, 0.6) is 5.75 Å². The minimum Gasteiger partial charge on any atom is -0.506 e. The average molecular weight is 269 g/mol. The van der Waals surface area contributed by atoms with E-state index in [0.717, 1.165) is 10.8 Å². The van der Waals surface area contributed by atoms with Gasteiger partial charge in [0.15, 0.2) is 0 Å². The van der Waals surface area contributed by atoms with Crippen molar-refractivity contribution in [3.8, 4) is 5.75 Å². The minimum absolute atomic E-state index is 0.0759. The van der Waals surface area contributed by atoms with Crippen LogP contribution in [0.4, 0.5) is 0 Å². The number of phenols is 1. The number of fused-ring (bicyclic) bond motifs is 1. The summed E-state index contributed by atoms with van der Waals surface area (Å²) in [6.07, 6.45) is 4.93. The van der Waals surface area contributed by atoms with Crippen molar-refractivity contribution in [1.82, 2.24) is 5.32 Å². The van der Waals surface area contributed by atoms with Crippen LogP contribution in [-0.4, -0.2) is 17.6 Å². The van der Waals surface area contributed by atoms with Gasteiger partial charge in [-0.1, -0.05) is 43.2 Å². The van der Waals surface area contributed by atoms with Gasteiger partial charge in [-0.15, -0.1) is 0 Å². The van der Waals surface area contributed by atoms with Crippen LogP contribution < -0.4 is 5.32 Å². The maximum absolute atomic E-state index is 12.2. The number of aromatic hydroxyl groups is 1. The topological polar surface area (TPSA) is 49.3 Å². The van der Waals surface area contributed by atoms with Gasteiger partial charge in [0.05, 0.1) is 5.56 Å². The minimum atomic E-state index is -0.180. The highest BCUT2D eigenvalue weighted by atomic mass is 16.3. The molecule has 0 radical (unpaired) electrons. The Morgan fingerprint density at radius 2 is 1.90 bits per heavy atom. The van der Waals surface area contributed by atoms with E-state index in [1.807, 2.05) is 30.3 Å². The number of hydrogen-bond acceptors (Lipinski definition) is 2. The van der Waals surface area contributed by atoms with E-state index in [1.165, 1.54) is 25.7 Å². The van der Waals surface area contributed by atoms with Crippen molar-refractivity contribution in [2.75, 3.05) is 6.54 Å². The SMILES string of the molecule is O=C(NCC1CCCC1)c1ccc2ccccc2c1O. The third-order valence-electron chi connectivity index (χ3n) is 4.17. The zero-order chi connectivity index (χ0) is 13.9. The molecule has 2 aromatic rings. The fourth-order valence-electron chi connectivity index (χ4n) is 2.99. The molecule has 0 bridgehead atoms. The molecule has 20 heavy (non-hydrogen) atoms. The van der Waals surface area contributed by atoms with Crippen molar-refractivity contribution in [1.29, 1.82) is 0 Å². The second-order valence-electron chi connectivity index (χ2n) is 5.54. The summed E-state index contributed by atoms with van der Waals surface area (Å²) in [5.41, 5.74) is 0.363. The van der Waals surface area contributed by atoms with Gasteiger partial charge in [0.2, 0.25) is 0 Å². The molecule has 0 aliphatic heterocycles. The summed E-state index contributed by atoms with van der Waals surface area (Å²) in [6.45, 7) is 0.713. The molecule has 3 nitrogen and oxygen atoms in total. The van der Waals surface area contributed by atoms with Crippen molar-refractivity contribution >= 4 is 16.7 Å². The van der Waals surface area contributed by atoms with E-state index in [9.17, 15) is 9.90 Å². The molecule has 0 unspecified atom stereocenters. The third kappa shape index (κ3) is 2.48. The fourth-order valence-corrected chi connectivity index (χ4v) is 2.99. The van der Waals surface area contributed by atoms with E-state index < -0.39 is 0 Å². The van der Waals surface area contributed by atoms with Crippen LogP contribution in [0.3, 0.4) is 0 Å². The monoisotopic (exact) mass is 269 g/mol. The molecule has 3 rings (SSSR count). The van der Waals surface area contributed by atoms with Gasteiger partial charge in [-0.25, -0.2) is 0 Å². The van der Waals surface area contributed by atoms with E-state index >= 15 is 0 Å². The van der Waals surface area contributed by atoms with Crippen molar-refractivity contribution in [2.24, 2.45) is 5.92 Å². The number of nitrogens with one attached hydrogen (secondary N) is 1. The molecule has 1 fully saturated rings. The van der Waals surface area contributed by atoms with E-state index in [4.69, 9.17) is 0 Å². The summed E-state index contributed by atoms with van der Waals surface area (Å²) in [4.78, 5) is 12.2. The fraction of sp³-hybridized carbons (Fsp3) is 0.353.